The van der Waals surface area contributed by atoms with Gasteiger partial charge in [0.25, 0.3) is 0 Å². The summed E-state index contributed by atoms with van der Waals surface area (Å²) in [6.45, 7) is 13.5. The summed E-state index contributed by atoms with van der Waals surface area (Å²) in [5.41, 5.74) is 3.83. The van der Waals surface area contributed by atoms with Crippen LogP contribution in [-0.4, -0.2) is 25.9 Å². The Labute approximate surface area is 199 Å². The normalized spacial score (nSPS) is 12.4. The second-order valence-corrected chi connectivity index (χ2v) is 10.2. The van der Waals surface area contributed by atoms with Gasteiger partial charge in [-0.2, -0.15) is 0 Å². The molecule has 0 saturated heterocycles. The van der Waals surface area contributed by atoms with E-state index in [0.29, 0.717) is 25.9 Å². The van der Waals surface area contributed by atoms with Crippen LogP contribution >= 0.6 is 7.60 Å². The summed E-state index contributed by atoms with van der Waals surface area (Å²) < 4.78 is 23.5. The summed E-state index contributed by atoms with van der Waals surface area (Å²) in [5, 5.41) is 6.66. The zero-order valence-corrected chi connectivity index (χ0v) is 21.1. The third kappa shape index (κ3) is 8.36. The first kappa shape index (κ1) is 26.7. The van der Waals surface area contributed by atoms with Crippen molar-refractivity contribution in [3.05, 3.63) is 96.7 Å². The molecule has 0 saturated carbocycles. The van der Waals surface area contributed by atoms with Gasteiger partial charge in [0, 0.05) is 29.5 Å². The van der Waals surface area contributed by atoms with Crippen LogP contribution < -0.4 is 10.6 Å². The molecule has 0 atom stereocenters. The van der Waals surface area contributed by atoms with Crippen molar-refractivity contribution in [2.45, 2.75) is 33.1 Å². The minimum Gasteiger partial charge on any atom is -0.384 e. The highest BCUT2D eigenvalue weighted by molar-refractivity contribution is 7.53. The third-order valence-corrected chi connectivity index (χ3v) is 7.36. The zero-order chi connectivity index (χ0) is 24.2. The molecule has 0 aromatic heterocycles. The number of benzene rings is 2. The minimum atomic E-state index is -3.08. The summed E-state index contributed by atoms with van der Waals surface area (Å²) in [6.07, 6.45) is 8.17. The molecule has 0 amide bonds. The Morgan fingerprint density at radius 1 is 1.00 bits per heavy atom. The number of para-hydroxylation sites is 2. The first-order valence-electron chi connectivity index (χ1n) is 11.4. The van der Waals surface area contributed by atoms with Crippen LogP contribution in [0.1, 0.15) is 33.3 Å². The van der Waals surface area contributed by atoms with E-state index in [-0.39, 0.29) is 5.41 Å². The lowest BCUT2D eigenvalue weighted by atomic mass is 9.77. The summed E-state index contributed by atoms with van der Waals surface area (Å²) >= 11 is 0. The summed E-state index contributed by atoms with van der Waals surface area (Å²) in [4.78, 5) is 0. The molecule has 178 valence electrons. The molecule has 0 aliphatic carbocycles. The van der Waals surface area contributed by atoms with E-state index >= 15 is 0 Å². The largest absolute Gasteiger partial charge is 0.384 e. The van der Waals surface area contributed by atoms with Crippen LogP contribution in [0.5, 0.6) is 0 Å². The molecule has 2 aromatic carbocycles. The summed E-state index contributed by atoms with van der Waals surface area (Å²) in [6, 6.07) is 18.1. The van der Waals surface area contributed by atoms with Crippen molar-refractivity contribution in [2.24, 2.45) is 0 Å². The number of hydrogen-bond acceptors (Lipinski definition) is 5. The van der Waals surface area contributed by atoms with Gasteiger partial charge in [-0.25, -0.2) is 0 Å². The Balaban J connectivity index is 2.03. The Morgan fingerprint density at radius 2 is 1.64 bits per heavy atom. The Morgan fingerprint density at radius 3 is 2.30 bits per heavy atom. The van der Waals surface area contributed by atoms with E-state index in [2.05, 4.69) is 37.1 Å². The van der Waals surface area contributed by atoms with Crippen molar-refractivity contribution >= 4 is 19.0 Å². The predicted octanol–water partition coefficient (Wildman–Crippen LogP) is 7.38. The molecule has 0 spiro atoms. The maximum absolute atomic E-state index is 12.7. The minimum absolute atomic E-state index is 0.301. The van der Waals surface area contributed by atoms with Gasteiger partial charge in [-0.3, -0.25) is 4.57 Å². The fourth-order valence-corrected chi connectivity index (χ4v) is 4.86. The monoisotopic (exact) mass is 468 g/mol. The van der Waals surface area contributed by atoms with Gasteiger partial charge >= 0.3 is 7.60 Å². The molecule has 0 bridgehead atoms. The predicted molar refractivity (Wildman–Crippen MR) is 141 cm³/mol. The molecule has 0 fully saturated rings. The molecule has 5 nitrogen and oxygen atoms in total. The van der Waals surface area contributed by atoms with E-state index in [1.54, 1.807) is 0 Å². The van der Waals surface area contributed by atoms with Gasteiger partial charge in [0.2, 0.25) is 0 Å². The van der Waals surface area contributed by atoms with E-state index in [4.69, 9.17) is 9.05 Å². The molecule has 33 heavy (non-hydrogen) atoms. The van der Waals surface area contributed by atoms with Crippen LogP contribution in [-0.2, 0) is 19.0 Å². The van der Waals surface area contributed by atoms with Gasteiger partial charge in [-0.05, 0) is 49.3 Å². The average Bonchev–Trinajstić information content (AvgIpc) is 2.80. The average molecular weight is 469 g/mol. The van der Waals surface area contributed by atoms with Crippen molar-refractivity contribution < 1.29 is 13.6 Å². The Bertz CT molecular complexity index is 974. The Hall–Kier alpha value is -2.59. The van der Waals surface area contributed by atoms with Gasteiger partial charge in [-0.15, -0.1) is 0 Å². The second kappa shape index (κ2) is 13.2. The molecule has 0 aliphatic heterocycles. The topological polar surface area (TPSA) is 59.6 Å². The molecule has 0 unspecified atom stereocenters. The van der Waals surface area contributed by atoms with Gasteiger partial charge in [0.15, 0.2) is 0 Å². The summed E-state index contributed by atoms with van der Waals surface area (Å²) in [5.74, 6) is 0. The number of allylic oxidation sites excluding steroid dienone is 4. The molecular formula is C27H37N2O3P. The molecule has 2 rings (SSSR count). The SMILES string of the molecule is C=C(/C=C/C=C/Nc1ccccc1)C(C)(C)c1ccccc1NCCP(=O)(OCC)OCC. The van der Waals surface area contributed by atoms with Crippen LogP contribution in [0.4, 0.5) is 11.4 Å². The molecule has 2 aromatic rings. The molecule has 0 heterocycles. The lowest BCUT2D eigenvalue weighted by Crippen LogP contribution is -2.21. The molecule has 6 heteroatoms. The fourth-order valence-electron chi connectivity index (χ4n) is 3.36. The van der Waals surface area contributed by atoms with Gasteiger partial charge in [-0.1, -0.05) is 69.0 Å². The number of anilines is 2. The third-order valence-electron chi connectivity index (χ3n) is 5.28. The molecule has 0 radical (unpaired) electrons. The number of hydrogen-bond donors (Lipinski definition) is 2. The van der Waals surface area contributed by atoms with E-state index in [1.807, 2.05) is 86.8 Å². The highest BCUT2D eigenvalue weighted by Gasteiger charge is 2.26. The van der Waals surface area contributed by atoms with E-state index in [1.165, 1.54) is 0 Å². The van der Waals surface area contributed by atoms with Crippen molar-refractivity contribution in [3.8, 4) is 0 Å². The second-order valence-electron chi connectivity index (χ2n) is 8.02. The standard InChI is InChI=1S/C27H37N2O3P/c1-6-31-33(30,32-7-2)22-21-29-26-19-12-11-18-25(26)27(4,5)23(3)15-13-14-20-28-24-16-9-8-10-17-24/h8-20,28-29H,3,6-7,21-22H2,1-2,4-5H3/b15-13+,20-14+. The van der Waals surface area contributed by atoms with Crippen molar-refractivity contribution in [3.63, 3.8) is 0 Å². The number of rotatable bonds is 14. The highest BCUT2D eigenvalue weighted by Crippen LogP contribution is 2.47. The number of nitrogens with one attached hydrogen (secondary N) is 2. The molecule has 0 aliphatic rings. The van der Waals surface area contributed by atoms with Crippen molar-refractivity contribution in [1.82, 2.24) is 0 Å². The van der Waals surface area contributed by atoms with Crippen LogP contribution in [0, 0.1) is 0 Å². The van der Waals surface area contributed by atoms with Gasteiger partial charge < -0.3 is 19.7 Å². The lowest BCUT2D eigenvalue weighted by Gasteiger charge is -2.29. The summed E-state index contributed by atoms with van der Waals surface area (Å²) in [7, 11) is -3.08. The zero-order valence-electron chi connectivity index (χ0n) is 20.2. The van der Waals surface area contributed by atoms with E-state index in [9.17, 15) is 4.57 Å². The first-order chi connectivity index (χ1) is 15.8. The molecular weight excluding hydrogens is 431 g/mol. The van der Waals surface area contributed by atoms with E-state index in [0.717, 1.165) is 22.5 Å². The van der Waals surface area contributed by atoms with Crippen molar-refractivity contribution in [1.29, 1.82) is 0 Å². The first-order valence-corrected chi connectivity index (χ1v) is 13.1. The molecule has 2 N–H and O–H groups in total. The van der Waals surface area contributed by atoms with Gasteiger partial charge in [0.1, 0.15) is 0 Å². The maximum Gasteiger partial charge on any atom is 0.332 e. The van der Waals surface area contributed by atoms with Crippen LogP contribution in [0.15, 0.2) is 91.2 Å². The maximum atomic E-state index is 12.7. The quantitative estimate of drug-likeness (QED) is 0.224. The lowest BCUT2D eigenvalue weighted by molar-refractivity contribution is 0.221. The van der Waals surface area contributed by atoms with E-state index < -0.39 is 7.60 Å². The van der Waals surface area contributed by atoms with Gasteiger partial charge in [0.05, 0.1) is 19.4 Å². The smallest absolute Gasteiger partial charge is 0.332 e. The fraction of sp³-hybridized carbons (Fsp3) is 0.333. The van der Waals surface area contributed by atoms with Crippen LogP contribution in [0.2, 0.25) is 0 Å². The Kier molecular flexibility index (Phi) is 10.7. The van der Waals surface area contributed by atoms with Crippen LogP contribution in [0.3, 0.4) is 0 Å². The van der Waals surface area contributed by atoms with Crippen molar-refractivity contribution in [2.75, 3.05) is 36.6 Å². The highest BCUT2D eigenvalue weighted by atomic mass is 31.2. The van der Waals surface area contributed by atoms with Crippen LogP contribution in [0.25, 0.3) is 0 Å².